The molecule has 156 valence electrons. The van der Waals surface area contributed by atoms with Crippen LogP contribution in [0.25, 0.3) is 0 Å². The minimum absolute atomic E-state index is 0.109. The number of likely N-dealkylation sites (N-methyl/N-ethyl adjacent to an activating group) is 1. The Balaban J connectivity index is -0.000000334. The molecule has 0 rings (SSSR count). The highest BCUT2D eigenvalue weighted by Gasteiger charge is 2.18. The lowest BCUT2D eigenvalue weighted by atomic mass is 10.1. The number of rotatable bonds is 9. The van der Waals surface area contributed by atoms with Crippen LogP contribution in [0, 0.1) is 0 Å². The molecule has 0 aromatic heterocycles. The van der Waals surface area contributed by atoms with Crippen molar-refractivity contribution in [1.29, 1.82) is 0 Å². The number of methoxy groups -OCH3 is 1. The summed E-state index contributed by atoms with van der Waals surface area (Å²) in [4.78, 5) is 33.2. The van der Waals surface area contributed by atoms with Crippen LogP contribution < -0.4 is 16.4 Å². The third kappa shape index (κ3) is 25.9. The van der Waals surface area contributed by atoms with Gasteiger partial charge >= 0.3 is 0 Å². The lowest BCUT2D eigenvalue weighted by Crippen LogP contribution is -2.46. The van der Waals surface area contributed by atoms with Gasteiger partial charge in [0.2, 0.25) is 17.7 Å². The second-order valence-corrected chi connectivity index (χ2v) is 6.45. The van der Waals surface area contributed by atoms with Gasteiger partial charge in [-0.05, 0) is 47.0 Å². The predicted molar refractivity (Wildman–Crippen MR) is 110 cm³/mol. The van der Waals surface area contributed by atoms with E-state index in [2.05, 4.69) is 30.4 Å². The SMILES string of the molecule is C=C(C)C(N)=O.C=CC(=O)NC(C)(C)COC.C=CC(=O)NCCN(C)C. The Labute approximate surface area is 163 Å². The molecule has 0 saturated carbocycles. The van der Waals surface area contributed by atoms with Crippen molar-refractivity contribution in [2.75, 3.05) is 40.9 Å². The molecule has 3 amide bonds. The summed E-state index contributed by atoms with van der Waals surface area (Å²) >= 11 is 0. The Morgan fingerprint density at radius 3 is 1.89 bits per heavy atom. The summed E-state index contributed by atoms with van der Waals surface area (Å²) in [5, 5.41) is 5.39. The minimum Gasteiger partial charge on any atom is -0.382 e. The fourth-order valence-corrected chi connectivity index (χ4v) is 1.26. The Kier molecular flexibility index (Phi) is 18.4. The monoisotopic (exact) mass is 384 g/mol. The largest absolute Gasteiger partial charge is 0.382 e. The van der Waals surface area contributed by atoms with E-state index in [1.54, 1.807) is 14.0 Å². The number of primary amides is 1. The van der Waals surface area contributed by atoms with Crippen molar-refractivity contribution in [1.82, 2.24) is 15.5 Å². The van der Waals surface area contributed by atoms with E-state index < -0.39 is 5.91 Å². The summed E-state index contributed by atoms with van der Waals surface area (Å²) in [5.74, 6) is -0.719. The van der Waals surface area contributed by atoms with Crippen molar-refractivity contribution >= 4 is 17.7 Å². The van der Waals surface area contributed by atoms with Gasteiger partial charge in [-0.15, -0.1) is 0 Å². The van der Waals surface area contributed by atoms with Gasteiger partial charge < -0.3 is 26.0 Å². The zero-order chi connectivity index (χ0) is 22.0. The summed E-state index contributed by atoms with van der Waals surface area (Å²) in [7, 11) is 5.52. The fourth-order valence-electron chi connectivity index (χ4n) is 1.26. The highest BCUT2D eigenvalue weighted by atomic mass is 16.5. The van der Waals surface area contributed by atoms with Gasteiger partial charge in [0.15, 0.2) is 0 Å². The Bertz CT molecular complexity index is 488. The molecule has 4 N–H and O–H groups in total. The molecule has 0 spiro atoms. The third-order valence-corrected chi connectivity index (χ3v) is 2.62. The fraction of sp³-hybridized carbons (Fsp3) is 0.526. The maximum Gasteiger partial charge on any atom is 0.243 e. The first-order valence-corrected chi connectivity index (χ1v) is 8.26. The van der Waals surface area contributed by atoms with E-state index in [9.17, 15) is 14.4 Å². The van der Waals surface area contributed by atoms with Gasteiger partial charge in [0.05, 0.1) is 12.1 Å². The molecule has 0 saturated heterocycles. The number of amides is 3. The lowest BCUT2D eigenvalue weighted by molar-refractivity contribution is -0.118. The first kappa shape index (κ1) is 29.3. The molecule has 0 aliphatic rings. The van der Waals surface area contributed by atoms with Crippen molar-refractivity contribution < 1.29 is 19.1 Å². The Morgan fingerprint density at radius 1 is 1.15 bits per heavy atom. The molecule has 0 aliphatic heterocycles. The standard InChI is InChI=1S/C8H15NO2.C7H14N2O.C4H7NO/c1-5-7(10)9-8(2,3)6-11-4;1-4-7(10)8-5-6-9(2)3;1-3(2)4(5)6/h5H,1,6H2,2-4H3,(H,9,10);4H,1,5-6H2,2-3H3,(H,8,10);1H2,2H3,(H2,5,6). The van der Waals surface area contributed by atoms with Gasteiger partial charge in [0.25, 0.3) is 0 Å². The van der Waals surface area contributed by atoms with Crippen LogP contribution in [0.15, 0.2) is 37.5 Å². The molecule has 0 unspecified atom stereocenters. The van der Waals surface area contributed by atoms with Crippen LogP contribution in [-0.4, -0.2) is 69.1 Å². The van der Waals surface area contributed by atoms with Crippen LogP contribution in [-0.2, 0) is 19.1 Å². The first-order valence-electron chi connectivity index (χ1n) is 8.26. The number of hydrogen-bond acceptors (Lipinski definition) is 5. The van der Waals surface area contributed by atoms with Crippen molar-refractivity contribution in [2.24, 2.45) is 5.73 Å². The second kappa shape index (κ2) is 17.0. The van der Waals surface area contributed by atoms with E-state index in [1.807, 2.05) is 32.8 Å². The molecule has 0 aromatic rings. The molecule has 8 heteroatoms. The molecule has 0 radical (unpaired) electrons. The van der Waals surface area contributed by atoms with Crippen molar-refractivity contribution in [3.8, 4) is 0 Å². The third-order valence-electron chi connectivity index (χ3n) is 2.62. The summed E-state index contributed by atoms with van der Waals surface area (Å²) < 4.78 is 4.90. The van der Waals surface area contributed by atoms with Crippen LogP contribution in [0.1, 0.15) is 20.8 Å². The average Bonchev–Trinajstić information content (AvgIpc) is 2.54. The minimum atomic E-state index is -0.435. The van der Waals surface area contributed by atoms with Gasteiger partial charge in [-0.1, -0.05) is 19.7 Å². The molecule has 0 heterocycles. The Hall–Kier alpha value is -2.45. The average molecular weight is 385 g/mol. The van der Waals surface area contributed by atoms with Crippen molar-refractivity contribution in [3.05, 3.63) is 37.5 Å². The molecule has 0 aromatic carbocycles. The predicted octanol–water partition coefficient (Wildman–Crippen LogP) is 0.612. The van der Waals surface area contributed by atoms with Crippen LogP contribution in [0.3, 0.4) is 0 Å². The zero-order valence-electron chi connectivity index (χ0n) is 17.6. The Morgan fingerprint density at radius 2 is 1.59 bits per heavy atom. The molecular weight excluding hydrogens is 348 g/mol. The smallest absolute Gasteiger partial charge is 0.243 e. The highest BCUT2D eigenvalue weighted by Crippen LogP contribution is 2.01. The number of nitrogens with zero attached hydrogens (tertiary/aromatic N) is 1. The van der Waals surface area contributed by atoms with Gasteiger partial charge in [-0.2, -0.15) is 0 Å². The van der Waals surface area contributed by atoms with Gasteiger partial charge in [0.1, 0.15) is 0 Å². The van der Waals surface area contributed by atoms with E-state index in [0.717, 1.165) is 6.54 Å². The second-order valence-electron chi connectivity index (χ2n) is 6.45. The van der Waals surface area contributed by atoms with E-state index in [-0.39, 0.29) is 17.4 Å². The van der Waals surface area contributed by atoms with Crippen LogP contribution >= 0.6 is 0 Å². The zero-order valence-corrected chi connectivity index (χ0v) is 17.6. The number of carbonyl (C=O) groups is 3. The van der Waals surface area contributed by atoms with Gasteiger partial charge in [-0.25, -0.2) is 0 Å². The van der Waals surface area contributed by atoms with Crippen molar-refractivity contribution in [2.45, 2.75) is 26.3 Å². The van der Waals surface area contributed by atoms with Gasteiger partial charge in [-0.3, -0.25) is 14.4 Å². The molecule has 0 fully saturated rings. The van der Waals surface area contributed by atoms with Crippen LogP contribution in [0.5, 0.6) is 0 Å². The number of nitrogens with one attached hydrogen (secondary N) is 2. The van der Waals surface area contributed by atoms with Crippen molar-refractivity contribution in [3.63, 3.8) is 0 Å². The summed E-state index contributed by atoms with van der Waals surface area (Å²) in [6, 6.07) is 0. The maximum atomic E-state index is 10.8. The van der Waals surface area contributed by atoms with E-state index in [4.69, 9.17) is 10.5 Å². The molecule has 0 bridgehead atoms. The number of carbonyl (C=O) groups excluding carboxylic acids is 3. The van der Waals surface area contributed by atoms with Crippen LogP contribution in [0.2, 0.25) is 0 Å². The number of hydrogen-bond donors (Lipinski definition) is 3. The normalized spacial score (nSPS) is 9.59. The molecule has 0 aliphatic carbocycles. The van der Waals surface area contributed by atoms with E-state index in [0.29, 0.717) is 18.7 Å². The topological polar surface area (TPSA) is 114 Å². The van der Waals surface area contributed by atoms with Crippen LogP contribution in [0.4, 0.5) is 0 Å². The first-order chi connectivity index (χ1) is 12.3. The summed E-state index contributed by atoms with van der Waals surface area (Å²) in [6.45, 7) is 17.3. The molecular formula is C19H36N4O4. The molecule has 8 nitrogen and oxygen atoms in total. The molecule has 0 atom stereocenters. The molecule has 27 heavy (non-hydrogen) atoms. The lowest BCUT2D eigenvalue weighted by Gasteiger charge is -2.24. The van der Waals surface area contributed by atoms with Gasteiger partial charge in [0, 0.05) is 25.8 Å². The van der Waals surface area contributed by atoms with E-state index >= 15 is 0 Å². The number of ether oxygens (including phenoxy) is 1. The quantitative estimate of drug-likeness (QED) is 0.504. The number of nitrogens with two attached hydrogens (primary N) is 1. The highest BCUT2D eigenvalue weighted by molar-refractivity contribution is 5.90. The maximum absolute atomic E-state index is 10.8. The summed E-state index contributed by atoms with van der Waals surface area (Å²) in [6.07, 6.45) is 2.52. The summed E-state index contributed by atoms with van der Waals surface area (Å²) in [5.41, 5.74) is 4.78. The van der Waals surface area contributed by atoms with E-state index in [1.165, 1.54) is 12.2 Å².